The van der Waals surface area contributed by atoms with Gasteiger partial charge in [0.05, 0.1) is 11.6 Å². The van der Waals surface area contributed by atoms with E-state index in [0.717, 1.165) is 43.0 Å². The Balaban J connectivity index is 1.60. The fraction of sp³-hybridized carbons (Fsp3) is 0.233. The lowest BCUT2D eigenvalue weighted by molar-refractivity contribution is -0.137. The molecule has 1 heterocycles. The Kier molecular flexibility index (Phi) is 8.77. The molecule has 0 saturated carbocycles. The Labute approximate surface area is 235 Å². The average molecular weight is 566 g/mol. The molecule has 8 nitrogen and oxygen atoms in total. The molecule has 0 fully saturated rings. The predicted molar refractivity (Wildman–Crippen MR) is 152 cm³/mol. The lowest BCUT2D eigenvalue weighted by atomic mass is 9.98. The van der Waals surface area contributed by atoms with Crippen LogP contribution in [-0.2, 0) is 11.0 Å². The third-order valence-corrected chi connectivity index (χ3v) is 6.79. The van der Waals surface area contributed by atoms with Crippen LogP contribution in [0.1, 0.15) is 41.4 Å². The van der Waals surface area contributed by atoms with Gasteiger partial charge in [-0.2, -0.15) is 13.2 Å². The minimum absolute atomic E-state index is 0.117. The number of anilines is 3. The van der Waals surface area contributed by atoms with Crippen molar-refractivity contribution in [2.45, 2.75) is 32.2 Å². The maximum Gasteiger partial charge on any atom is 0.416 e. The van der Waals surface area contributed by atoms with E-state index in [1.165, 1.54) is 6.20 Å². The van der Waals surface area contributed by atoms with E-state index in [0.29, 0.717) is 22.3 Å². The molecular formula is C30H30F3N5O3. The third-order valence-electron chi connectivity index (χ3n) is 6.79. The second kappa shape index (κ2) is 12.3. The van der Waals surface area contributed by atoms with Gasteiger partial charge in [0, 0.05) is 41.6 Å². The predicted octanol–water partition coefficient (Wildman–Crippen LogP) is 5.15. The maximum atomic E-state index is 13.2. The van der Waals surface area contributed by atoms with Crippen LogP contribution in [0.2, 0.25) is 0 Å². The van der Waals surface area contributed by atoms with Crippen molar-refractivity contribution in [1.29, 1.82) is 0 Å². The third kappa shape index (κ3) is 6.75. The number of amides is 2. The number of nitrogens with two attached hydrogens (primary N) is 1. The molecule has 0 aliphatic heterocycles. The molecule has 0 bridgehead atoms. The highest BCUT2D eigenvalue weighted by molar-refractivity contribution is 6.00. The molecule has 3 aromatic carbocycles. The van der Waals surface area contributed by atoms with Crippen molar-refractivity contribution in [3.63, 3.8) is 0 Å². The number of hydrogen-bond donors (Lipinski definition) is 4. The van der Waals surface area contributed by atoms with Crippen LogP contribution in [0, 0.1) is 0 Å². The smallest absolute Gasteiger partial charge is 0.383 e. The summed E-state index contributed by atoms with van der Waals surface area (Å²) in [6.45, 7) is 5.58. The molecule has 214 valence electrons. The van der Waals surface area contributed by atoms with Crippen LogP contribution in [0.3, 0.4) is 0 Å². The zero-order valence-corrected chi connectivity index (χ0v) is 22.4. The normalized spacial score (nSPS) is 12.9. The summed E-state index contributed by atoms with van der Waals surface area (Å²) >= 11 is 0. The van der Waals surface area contributed by atoms with Gasteiger partial charge in [0.15, 0.2) is 6.10 Å². The van der Waals surface area contributed by atoms with Crippen molar-refractivity contribution >= 4 is 39.8 Å². The Morgan fingerprint density at radius 1 is 0.976 bits per heavy atom. The van der Waals surface area contributed by atoms with Crippen LogP contribution in [0.4, 0.5) is 30.4 Å². The molecule has 2 amide bonds. The molecular weight excluding hydrogens is 535 g/mol. The molecule has 0 aliphatic carbocycles. The van der Waals surface area contributed by atoms with Gasteiger partial charge in [0.25, 0.3) is 11.8 Å². The minimum atomic E-state index is -4.57. The number of alkyl halides is 3. The summed E-state index contributed by atoms with van der Waals surface area (Å²) in [5, 5.41) is 17.7. The SMILES string of the molecule is CCN(CC)c1ccc(C(=O)NC(c2ccc(C(F)(F)F)cc2)C(O)C(=O)Nc2ccc3c(N)nccc3c2)cc1. The zero-order valence-electron chi connectivity index (χ0n) is 22.4. The van der Waals surface area contributed by atoms with Crippen LogP contribution in [-0.4, -0.2) is 41.1 Å². The molecule has 41 heavy (non-hydrogen) atoms. The van der Waals surface area contributed by atoms with E-state index in [-0.39, 0.29) is 11.1 Å². The summed E-state index contributed by atoms with van der Waals surface area (Å²) in [5.74, 6) is -1.16. The summed E-state index contributed by atoms with van der Waals surface area (Å²) < 4.78 is 39.5. The van der Waals surface area contributed by atoms with E-state index in [1.54, 1.807) is 48.5 Å². The monoisotopic (exact) mass is 565 g/mol. The molecule has 0 spiro atoms. The summed E-state index contributed by atoms with van der Waals surface area (Å²) in [7, 11) is 0. The first-order chi connectivity index (χ1) is 19.5. The van der Waals surface area contributed by atoms with E-state index in [2.05, 4.69) is 20.5 Å². The van der Waals surface area contributed by atoms with Gasteiger partial charge in [0.2, 0.25) is 0 Å². The van der Waals surface area contributed by atoms with E-state index in [4.69, 9.17) is 5.73 Å². The van der Waals surface area contributed by atoms with Crippen molar-refractivity contribution in [3.05, 3.63) is 95.7 Å². The summed E-state index contributed by atoms with van der Waals surface area (Å²) in [4.78, 5) is 32.4. The summed E-state index contributed by atoms with van der Waals surface area (Å²) in [6.07, 6.45) is -4.90. The van der Waals surface area contributed by atoms with Gasteiger partial charge >= 0.3 is 6.18 Å². The number of hydrogen-bond acceptors (Lipinski definition) is 6. The second-order valence-corrected chi connectivity index (χ2v) is 9.36. The highest BCUT2D eigenvalue weighted by Gasteiger charge is 2.33. The van der Waals surface area contributed by atoms with Crippen molar-refractivity contribution in [2.24, 2.45) is 0 Å². The molecule has 0 saturated heterocycles. The molecule has 11 heteroatoms. The van der Waals surface area contributed by atoms with Gasteiger partial charge in [-0.25, -0.2) is 4.98 Å². The number of halogens is 3. The molecule has 0 radical (unpaired) electrons. The molecule has 2 atom stereocenters. The molecule has 5 N–H and O–H groups in total. The number of nitrogen functional groups attached to an aromatic ring is 1. The first kappa shape index (κ1) is 29.3. The molecule has 4 rings (SSSR count). The number of benzene rings is 3. The average Bonchev–Trinajstić information content (AvgIpc) is 2.96. The molecule has 4 aromatic rings. The number of pyridine rings is 1. The highest BCUT2D eigenvalue weighted by Crippen LogP contribution is 2.31. The van der Waals surface area contributed by atoms with E-state index < -0.39 is 35.7 Å². The molecule has 2 unspecified atom stereocenters. The molecule has 0 aliphatic rings. The first-order valence-corrected chi connectivity index (χ1v) is 13.0. The number of nitrogens with one attached hydrogen (secondary N) is 2. The quantitative estimate of drug-likeness (QED) is 0.223. The number of aliphatic hydroxyl groups is 1. The summed E-state index contributed by atoms with van der Waals surface area (Å²) in [6, 6.07) is 15.9. The van der Waals surface area contributed by atoms with Crippen molar-refractivity contribution in [3.8, 4) is 0 Å². The van der Waals surface area contributed by atoms with Gasteiger partial charge in [-0.05, 0) is 85.5 Å². The zero-order chi connectivity index (χ0) is 29.7. The van der Waals surface area contributed by atoms with E-state index in [1.807, 2.05) is 13.8 Å². The summed E-state index contributed by atoms with van der Waals surface area (Å²) in [5.41, 5.74) is 6.61. The van der Waals surface area contributed by atoms with E-state index >= 15 is 0 Å². The minimum Gasteiger partial charge on any atom is -0.383 e. The van der Waals surface area contributed by atoms with Gasteiger partial charge in [-0.1, -0.05) is 12.1 Å². The van der Waals surface area contributed by atoms with Crippen LogP contribution in [0.25, 0.3) is 10.8 Å². The Bertz CT molecular complexity index is 1520. The van der Waals surface area contributed by atoms with Crippen LogP contribution in [0.15, 0.2) is 79.0 Å². The topological polar surface area (TPSA) is 121 Å². The van der Waals surface area contributed by atoms with Gasteiger partial charge in [0.1, 0.15) is 5.82 Å². The Morgan fingerprint density at radius 3 is 2.24 bits per heavy atom. The fourth-order valence-corrected chi connectivity index (χ4v) is 4.51. The Hall–Kier alpha value is -4.64. The maximum absolute atomic E-state index is 13.2. The van der Waals surface area contributed by atoms with Gasteiger partial charge in [-0.15, -0.1) is 0 Å². The largest absolute Gasteiger partial charge is 0.416 e. The first-order valence-electron chi connectivity index (χ1n) is 13.0. The van der Waals surface area contributed by atoms with Gasteiger partial charge < -0.3 is 26.4 Å². The molecule has 1 aromatic heterocycles. The van der Waals surface area contributed by atoms with Gasteiger partial charge in [-0.3, -0.25) is 9.59 Å². The number of aliphatic hydroxyl groups excluding tert-OH is 1. The number of carbonyl (C=O) groups is 2. The van der Waals surface area contributed by atoms with Crippen LogP contribution >= 0.6 is 0 Å². The fourth-order valence-electron chi connectivity index (χ4n) is 4.51. The van der Waals surface area contributed by atoms with Crippen molar-refractivity contribution in [2.75, 3.05) is 29.0 Å². The highest BCUT2D eigenvalue weighted by atomic mass is 19.4. The number of fused-ring (bicyclic) bond motifs is 1. The van der Waals surface area contributed by atoms with E-state index in [9.17, 15) is 27.9 Å². The number of nitrogens with zero attached hydrogens (tertiary/aromatic N) is 2. The number of aromatic nitrogens is 1. The standard InChI is InChI=1S/C30H30F3N5O3/c1-3-38(4-2)23-12-7-19(8-13-23)28(40)37-25(18-5-9-21(10-6-18)30(31,32)33)26(39)29(41)36-22-11-14-24-20(17-22)15-16-35-27(24)34/h5-17,25-26,39H,3-4H2,1-2H3,(H2,34,35)(H,36,41)(H,37,40). The lowest BCUT2D eigenvalue weighted by Crippen LogP contribution is -2.42. The number of carbonyl (C=O) groups excluding carboxylic acids is 2. The number of rotatable bonds is 9. The van der Waals surface area contributed by atoms with Crippen molar-refractivity contribution < 1.29 is 27.9 Å². The second-order valence-electron chi connectivity index (χ2n) is 9.36. The van der Waals surface area contributed by atoms with Crippen LogP contribution < -0.4 is 21.3 Å². The van der Waals surface area contributed by atoms with Crippen molar-refractivity contribution in [1.82, 2.24) is 10.3 Å². The van der Waals surface area contributed by atoms with Crippen LogP contribution in [0.5, 0.6) is 0 Å². The Morgan fingerprint density at radius 2 is 1.63 bits per heavy atom. The lowest BCUT2D eigenvalue weighted by Gasteiger charge is -2.25.